The maximum Gasteiger partial charge on any atom is 0.223 e. The zero-order valence-electron chi connectivity index (χ0n) is 17.0. The van der Waals surface area contributed by atoms with Crippen LogP contribution in [-0.2, 0) is 22.7 Å². The van der Waals surface area contributed by atoms with Crippen LogP contribution in [0, 0.1) is 5.92 Å². The second-order valence-electron chi connectivity index (χ2n) is 7.69. The minimum atomic E-state index is -0.413. The van der Waals surface area contributed by atoms with Crippen LogP contribution in [-0.4, -0.2) is 21.6 Å². The van der Waals surface area contributed by atoms with E-state index in [9.17, 15) is 9.59 Å². The summed E-state index contributed by atoms with van der Waals surface area (Å²) < 4.78 is 1.89. The normalized spacial score (nSPS) is 19.3. The van der Waals surface area contributed by atoms with Crippen LogP contribution in [0.1, 0.15) is 62.5 Å². The van der Waals surface area contributed by atoms with Crippen LogP contribution in [0.4, 0.5) is 0 Å². The van der Waals surface area contributed by atoms with Crippen LogP contribution in [0.2, 0.25) is 5.02 Å². The number of hydrogen-bond acceptors (Lipinski definition) is 4. The molecule has 3 rings (SSSR count). The second-order valence-corrected chi connectivity index (χ2v) is 8.10. The van der Waals surface area contributed by atoms with Gasteiger partial charge in [-0.2, -0.15) is 5.10 Å². The fourth-order valence-corrected chi connectivity index (χ4v) is 3.54. The molecule has 2 aromatic rings. The summed E-state index contributed by atoms with van der Waals surface area (Å²) in [4.78, 5) is 24.2. The Morgan fingerprint density at radius 3 is 2.93 bits per heavy atom. The quantitative estimate of drug-likeness (QED) is 0.646. The van der Waals surface area contributed by atoms with E-state index in [-0.39, 0.29) is 23.8 Å². The fraction of sp³-hybridized carbons (Fsp3) is 0.476. The van der Waals surface area contributed by atoms with Crippen LogP contribution in [0.5, 0.6) is 0 Å². The molecule has 0 aliphatic carbocycles. The first-order chi connectivity index (χ1) is 13.9. The Balaban J connectivity index is 1.76. The maximum absolute atomic E-state index is 12.4. The van der Waals surface area contributed by atoms with Gasteiger partial charge >= 0.3 is 0 Å². The average molecular weight is 418 g/mol. The van der Waals surface area contributed by atoms with Gasteiger partial charge in [0.05, 0.1) is 6.20 Å². The number of aromatic nitrogens is 2. The molecule has 1 fully saturated rings. The van der Waals surface area contributed by atoms with Gasteiger partial charge in [0.25, 0.3) is 0 Å². The minimum Gasteiger partial charge on any atom is -0.352 e. The number of aryl methyl sites for hydroxylation is 1. The summed E-state index contributed by atoms with van der Waals surface area (Å²) in [5.74, 6) is -0.123. The number of benzene rings is 1. The van der Waals surface area contributed by atoms with Crippen LogP contribution < -0.4 is 16.0 Å². The van der Waals surface area contributed by atoms with E-state index < -0.39 is 6.17 Å². The van der Waals surface area contributed by atoms with Crippen molar-refractivity contribution in [2.75, 3.05) is 0 Å². The zero-order valence-corrected chi connectivity index (χ0v) is 17.8. The maximum atomic E-state index is 12.4. The molecule has 29 heavy (non-hydrogen) atoms. The summed E-state index contributed by atoms with van der Waals surface area (Å²) in [7, 11) is 0. The molecule has 1 aliphatic heterocycles. The molecule has 2 heterocycles. The molecule has 0 saturated carbocycles. The van der Waals surface area contributed by atoms with Crippen molar-refractivity contribution in [3.05, 3.63) is 52.3 Å². The molecule has 1 aromatic heterocycles. The van der Waals surface area contributed by atoms with Gasteiger partial charge in [-0.25, -0.2) is 0 Å². The predicted octanol–water partition coefficient (Wildman–Crippen LogP) is 3.07. The zero-order chi connectivity index (χ0) is 21.0. The summed E-state index contributed by atoms with van der Waals surface area (Å²) in [5, 5.41) is 14.3. The lowest BCUT2D eigenvalue weighted by atomic mass is 10.0. The number of halogens is 1. The van der Waals surface area contributed by atoms with Gasteiger partial charge in [-0.3, -0.25) is 19.6 Å². The Hall–Kier alpha value is -2.38. The number of nitrogens with one attached hydrogen (secondary N) is 3. The fourth-order valence-electron chi connectivity index (χ4n) is 3.32. The predicted molar refractivity (Wildman–Crippen MR) is 112 cm³/mol. The van der Waals surface area contributed by atoms with E-state index in [2.05, 4.69) is 28.0 Å². The molecule has 2 unspecified atom stereocenters. The number of rotatable bonds is 7. The highest BCUT2D eigenvalue weighted by Crippen LogP contribution is 2.29. The lowest BCUT2D eigenvalue weighted by Crippen LogP contribution is -2.46. The van der Waals surface area contributed by atoms with Crippen molar-refractivity contribution < 1.29 is 9.59 Å². The molecule has 2 amide bonds. The van der Waals surface area contributed by atoms with E-state index in [0.717, 1.165) is 29.7 Å². The smallest absolute Gasteiger partial charge is 0.223 e. The number of carbonyl (C=O) groups is 2. The third kappa shape index (κ3) is 5.36. The number of carbonyl (C=O) groups excluding carboxylic acids is 2. The minimum absolute atomic E-state index is 0.00486. The molecular weight excluding hydrogens is 390 g/mol. The van der Waals surface area contributed by atoms with Crippen LogP contribution in [0.15, 0.2) is 30.6 Å². The van der Waals surface area contributed by atoms with Crippen LogP contribution in [0.25, 0.3) is 0 Å². The summed E-state index contributed by atoms with van der Waals surface area (Å²) in [6, 6.07) is 5.46. The SMILES string of the molecule is CCCn1cc(C2CC(=O)NC(c3cc(CNC(=O)C(C)C)ccc3Cl)N2)cn1. The average Bonchev–Trinajstić information content (AvgIpc) is 3.15. The van der Waals surface area contributed by atoms with Gasteiger partial charge in [-0.15, -0.1) is 0 Å². The molecule has 1 aromatic carbocycles. The molecule has 1 saturated heterocycles. The number of amides is 2. The Morgan fingerprint density at radius 2 is 2.21 bits per heavy atom. The topological polar surface area (TPSA) is 88.0 Å². The Morgan fingerprint density at radius 1 is 1.41 bits per heavy atom. The van der Waals surface area contributed by atoms with E-state index in [0.29, 0.717) is 18.0 Å². The number of nitrogens with zero attached hydrogens (tertiary/aromatic N) is 2. The molecule has 3 N–H and O–H groups in total. The van der Waals surface area contributed by atoms with Gasteiger partial charge in [-0.1, -0.05) is 38.4 Å². The largest absolute Gasteiger partial charge is 0.352 e. The Kier molecular flexibility index (Phi) is 6.92. The van der Waals surface area contributed by atoms with Crippen molar-refractivity contribution in [3.63, 3.8) is 0 Å². The summed E-state index contributed by atoms with van der Waals surface area (Å²) in [6.07, 6.45) is 4.72. The summed E-state index contributed by atoms with van der Waals surface area (Å²) >= 11 is 6.43. The van der Waals surface area contributed by atoms with Crippen molar-refractivity contribution >= 4 is 23.4 Å². The van der Waals surface area contributed by atoms with Crippen molar-refractivity contribution in [1.82, 2.24) is 25.7 Å². The van der Waals surface area contributed by atoms with E-state index in [4.69, 9.17) is 11.6 Å². The van der Waals surface area contributed by atoms with Crippen LogP contribution in [0.3, 0.4) is 0 Å². The highest BCUT2D eigenvalue weighted by Gasteiger charge is 2.29. The molecule has 0 bridgehead atoms. The molecule has 156 valence electrons. The van der Waals surface area contributed by atoms with Crippen molar-refractivity contribution in [3.8, 4) is 0 Å². The van der Waals surface area contributed by atoms with Gasteiger partial charge in [0.15, 0.2) is 0 Å². The monoisotopic (exact) mass is 417 g/mol. The van der Waals surface area contributed by atoms with Gasteiger partial charge in [0, 0.05) is 53.8 Å². The molecule has 0 spiro atoms. The first-order valence-corrected chi connectivity index (χ1v) is 10.4. The summed E-state index contributed by atoms with van der Waals surface area (Å²) in [5.41, 5.74) is 2.68. The van der Waals surface area contributed by atoms with Gasteiger partial charge < -0.3 is 10.6 Å². The molecule has 7 nitrogen and oxygen atoms in total. The van der Waals surface area contributed by atoms with Gasteiger partial charge in [0.2, 0.25) is 11.8 Å². The molecule has 2 atom stereocenters. The van der Waals surface area contributed by atoms with Crippen molar-refractivity contribution in [1.29, 1.82) is 0 Å². The van der Waals surface area contributed by atoms with E-state index in [1.807, 2.05) is 43.1 Å². The van der Waals surface area contributed by atoms with Gasteiger partial charge in [0.1, 0.15) is 6.17 Å². The highest BCUT2D eigenvalue weighted by atomic mass is 35.5. The number of hydrogen-bond donors (Lipinski definition) is 3. The standard InChI is InChI=1S/C21H28ClN5O2/c1-4-7-27-12-15(11-24-27)18-9-19(28)26-20(25-18)16-8-14(5-6-17(16)22)10-23-21(29)13(2)3/h5-6,8,11-13,18,20,25H,4,7,9-10H2,1-3H3,(H,23,29)(H,26,28). The third-order valence-corrected chi connectivity index (χ3v) is 5.28. The first kappa shape index (κ1) is 21.3. The molecular formula is C21H28ClN5O2. The molecule has 0 radical (unpaired) electrons. The van der Waals surface area contributed by atoms with E-state index in [1.54, 1.807) is 6.07 Å². The first-order valence-electron chi connectivity index (χ1n) is 10.0. The molecule has 1 aliphatic rings. The highest BCUT2D eigenvalue weighted by molar-refractivity contribution is 6.31. The summed E-state index contributed by atoms with van der Waals surface area (Å²) in [6.45, 7) is 7.06. The van der Waals surface area contributed by atoms with E-state index in [1.165, 1.54) is 0 Å². The van der Waals surface area contributed by atoms with E-state index >= 15 is 0 Å². The van der Waals surface area contributed by atoms with Crippen LogP contribution >= 0.6 is 11.6 Å². The van der Waals surface area contributed by atoms with Gasteiger partial charge in [-0.05, 0) is 24.1 Å². The lowest BCUT2D eigenvalue weighted by molar-refractivity contribution is -0.125. The van der Waals surface area contributed by atoms with Crippen molar-refractivity contribution in [2.45, 2.75) is 58.9 Å². The third-order valence-electron chi connectivity index (χ3n) is 4.93. The molecule has 8 heteroatoms. The van der Waals surface area contributed by atoms with Crippen molar-refractivity contribution in [2.24, 2.45) is 5.92 Å². The second kappa shape index (κ2) is 9.41. The Labute approximate surface area is 176 Å². The lowest BCUT2D eigenvalue weighted by Gasteiger charge is -2.32. The Bertz CT molecular complexity index is 880.